The largest absolute Gasteiger partial charge is 0.360 e. The Morgan fingerprint density at radius 3 is 2.31 bits per heavy atom. The Balaban J connectivity index is 1.54. The van der Waals surface area contributed by atoms with Crippen molar-refractivity contribution in [3.63, 3.8) is 0 Å². The zero-order valence-corrected chi connectivity index (χ0v) is 18.2. The van der Waals surface area contributed by atoms with E-state index in [-0.39, 0.29) is 11.8 Å². The highest BCUT2D eigenvalue weighted by atomic mass is 35.5. The van der Waals surface area contributed by atoms with E-state index in [9.17, 15) is 9.59 Å². The molecular formula is C25H20ClN3O3. The zero-order valence-electron chi connectivity index (χ0n) is 17.5. The Morgan fingerprint density at radius 2 is 1.59 bits per heavy atom. The molecule has 1 heterocycles. The van der Waals surface area contributed by atoms with E-state index < -0.39 is 0 Å². The number of anilines is 2. The van der Waals surface area contributed by atoms with Crippen molar-refractivity contribution < 1.29 is 14.1 Å². The van der Waals surface area contributed by atoms with Gasteiger partial charge in [0.2, 0.25) is 0 Å². The number of hydrogen-bond donors (Lipinski definition) is 2. The molecule has 32 heavy (non-hydrogen) atoms. The quantitative estimate of drug-likeness (QED) is 0.387. The molecule has 3 aromatic carbocycles. The maximum absolute atomic E-state index is 13.0. The second kappa shape index (κ2) is 9.08. The highest BCUT2D eigenvalue weighted by molar-refractivity contribution is 6.33. The maximum atomic E-state index is 13.0. The summed E-state index contributed by atoms with van der Waals surface area (Å²) in [5.74, 6) is -0.171. The summed E-state index contributed by atoms with van der Waals surface area (Å²) in [4.78, 5) is 25.4. The lowest BCUT2D eigenvalue weighted by Gasteiger charge is -2.12. The fourth-order valence-electron chi connectivity index (χ4n) is 3.34. The van der Waals surface area contributed by atoms with Crippen molar-refractivity contribution in [1.29, 1.82) is 0 Å². The Hall–Kier alpha value is -3.90. The second-order valence-electron chi connectivity index (χ2n) is 7.25. The first-order valence-corrected chi connectivity index (χ1v) is 10.3. The van der Waals surface area contributed by atoms with Crippen LogP contribution in [-0.2, 0) is 0 Å². The van der Waals surface area contributed by atoms with E-state index in [0.717, 1.165) is 5.56 Å². The van der Waals surface area contributed by atoms with Crippen molar-refractivity contribution in [2.45, 2.75) is 13.8 Å². The minimum atomic E-state index is -0.362. The van der Waals surface area contributed by atoms with Crippen LogP contribution in [0.15, 0.2) is 77.3 Å². The summed E-state index contributed by atoms with van der Waals surface area (Å²) in [6.45, 7) is 3.53. The van der Waals surface area contributed by atoms with Crippen LogP contribution >= 0.6 is 11.6 Å². The van der Waals surface area contributed by atoms with Crippen LogP contribution in [0.2, 0.25) is 5.02 Å². The molecule has 6 nitrogen and oxygen atoms in total. The lowest BCUT2D eigenvalue weighted by Crippen LogP contribution is -2.15. The third kappa shape index (κ3) is 4.40. The van der Waals surface area contributed by atoms with Gasteiger partial charge in [0.15, 0.2) is 0 Å². The SMILES string of the molecule is Cc1cc(NC(=O)c2c(-c3ccccc3Cl)noc2C)ccc1NC(=O)c1ccccc1. The summed E-state index contributed by atoms with van der Waals surface area (Å²) >= 11 is 6.28. The van der Waals surface area contributed by atoms with Crippen molar-refractivity contribution in [2.75, 3.05) is 10.6 Å². The average molecular weight is 446 g/mol. The molecule has 0 saturated carbocycles. The lowest BCUT2D eigenvalue weighted by atomic mass is 10.1. The molecule has 0 spiro atoms. The summed E-state index contributed by atoms with van der Waals surface area (Å²) in [6.07, 6.45) is 0. The van der Waals surface area contributed by atoms with Crippen LogP contribution in [0.3, 0.4) is 0 Å². The van der Waals surface area contributed by atoms with Crippen LogP contribution in [0.5, 0.6) is 0 Å². The number of aryl methyl sites for hydroxylation is 2. The summed E-state index contributed by atoms with van der Waals surface area (Å²) in [6, 6.07) is 21.4. The molecule has 0 saturated heterocycles. The average Bonchev–Trinajstić information content (AvgIpc) is 3.17. The predicted molar refractivity (Wildman–Crippen MR) is 125 cm³/mol. The molecule has 7 heteroatoms. The second-order valence-corrected chi connectivity index (χ2v) is 7.65. The third-order valence-corrected chi connectivity index (χ3v) is 5.32. The molecule has 2 N–H and O–H groups in total. The number of rotatable bonds is 5. The highest BCUT2D eigenvalue weighted by Gasteiger charge is 2.23. The number of hydrogen-bond acceptors (Lipinski definition) is 4. The molecule has 0 unspecified atom stereocenters. The van der Waals surface area contributed by atoms with Gasteiger partial charge in [0.1, 0.15) is 17.0 Å². The zero-order chi connectivity index (χ0) is 22.7. The number of halogens is 1. The summed E-state index contributed by atoms with van der Waals surface area (Å²) < 4.78 is 5.28. The van der Waals surface area contributed by atoms with E-state index in [1.54, 1.807) is 55.5 Å². The van der Waals surface area contributed by atoms with E-state index in [1.807, 2.05) is 31.2 Å². The molecule has 0 aliphatic carbocycles. The topological polar surface area (TPSA) is 84.2 Å². The fourth-order valence-corrected chi connectivity index (χ4v) is 3.56. The number of amides is 2. The Morgan fingerprint density at radius 1 is 0.875 bits per heavy atom. The lowest BCUT2D eigenvalue weighted by molar-refractivity contribution is 0.101. The minimum Gasteiger partial charge on any atom is -0.360 e. The van der Waals surface area contributed by atoms with Gasteiger partial charge in [0, 0.05) is 22.5 Å². The van der Waals surface area contributed by atoms with Crippen LogP contribution in [0.25, 0.3) is 11.3 Å². The molecule has 0 aliphatic heterocycles. The van der Waals surface area contributed by atoms with Crippen molar-refractivity contribution in [1.82, 2.24) is 5.16 Å². The van der Waals surface area contributed by atoms with Gasteiger partial charge in [0.05, 0.1) is 5.02 Å². The molecule has 0 fully saturated rings. The number of aromatic nitrogens is 1. The van der Waals surface area contributed by atoms with Gasteiger partial charge in [0.25, 0.3) is 11.8 Å². The minimum absolute atomic E-state index is 0.199. The molecule has 4 rings (SSSR count). The number of carbonyl (C=O) groups excluding carboxylic acids is 2. The molecular weight excluding hydrogens is 426 g/mol. The molecule has 4 aromatic rings. The number of nitrogens with zero attached hydrogens (tertiary/aromatic N) is 1. The molecule has 160 valence electrons. The number of benzene rings is 3. The van der Waals surface area contributed by atoms with Gasteiger partial charge in [-0.2, -0.15) is 0 Å². The summed E-state index contributed by atoms with van der Waals surface area (Å²) in [5, 5.41) is 10.3. The fraction of sp³-hybridized carbons (Fsp3) is 0.0800. The van der Waals surface area contributed by atoms with E-state index in [2.05, 4.69) is 15.8 Å². The molecule has 0 bridgehead atoms. The van der Waals surface area contributed by atoms with Gasteiger partial charge >= 0.3 is 0 Å². The van der Waals surface area contributed by atoms with E-state index >= 15 is 0 Å². The first-order chi connectivity index (χ1) is 15.4. The third-order valence-electron chi connectivity index (χ3n) is 4.99. The van der Waals surface area contributed by atoms with Gasteiger partial charge in [-0.05, 0) is 55.8 Å². The van der Waals surface area contributed by atoms with Crippen molar-refractivity contribution in [2.24, 2.45) is 0 Å². The van der Waals surface area contributed by atoms with Gasteiger partial charge in [-0.3, -0.25) is 9.59 Å². The van der Waals surface area contributed by atoms with Crippen molar-refractivity contribution in [3.8, 4) is 11.3 Å². The van der Waals surface area contributed by atoms with Crippen molar-refractivity contribution in [3.05, 3.63) is 100 Å². The Kier molecular flexibility index (Phi) is 6.05. The number of carbonyl (C=O) groups is 2. The van der Waals surface area contributed by atoms with Gasteiger partial charge in [-0.15, -0.1) is 0 Å². The van der Waals surface area contributed by atoms with Crippen LogP contribution in [0, 0.1) is 13.8 Å². The van der Waals surface area contributed by atoms with Crippen LogP contribution in [-0.4, -0.2) is 17.0 Å². The molecule has 0 aliphatic rings. The first-order valence-electron chi connectivity index (χ1n) is 9.93. The molecule has 0 atom stereocenters. The van der Waals surface area contributed by atoms with E-state index in [4.69, 9.17) is 16.1 Å². The molecule has 2 amide bonds. The van der Waals surface area contributed by atoms with Crippen LogP contribution in [0.1, 0.15) is 32.0 Å². The van der Waals surface area contributed by atoms with Gasteiger partial charge in [-0.25, -0.2) is 0 Å². The normalized spacial score (nSPS) is 10.6. The first kappa shape index (κ1) is 21.3. The van der Waals surface area contributed by atoms with Gasteiger partial charge < -0.3 is 15.2 Å². The van der Waals surface area contributed by atoms with Crippen molar-refractivity contribution >= 4 is 34.8 Å². The summed E-state index contributed by atoms with van der Waals surface area (Å²) in [5.41, 5.74) is 3.93. The smallest absolute Gasteiger partial charge is 0.261 e. The van der Waals surface area contributed by atoms with E-state index in [0.29, 0.717) is 44.5 Å². The highest BCUT2D eigenvalue weighted by Crippen LogP contribution is 2.31. The number of nitrogens with one attached hydrogen (secondary N) is 2. The van der Waals surface area contributed by atoms with Crippen LogP contribution < -0.4 is 10.6 Å². The predicted octanol–water partition coefficient (Wildman–Crippen LogP) is 6.12. The molecule has 0 radical (unpaired) electrons. The standard InChI is InChI=1S/C25H20ClN3O3/c1-15-14-18(12-13-21(15)28-24(30)17-8-4-3-5-9-17)27-25(31)22-16(2)32-29-23(22)19-10-6-7-11-20(19)26/h3-14H,1-2H3,(H,27,31)(H,28,30). The maximum Gasteiger partial charge on any atom is 0.261 e. The molecule has 1 aromatic heterocycles. The summed E-state index contributed by atoms with van der Waals surface area (Å²) in [7, 11) is 0. The Bertz CT molecular complexity index is 1300. The van der Waals surface area contributed by atoms with Crippen LogP contribution in [0.4, 0.5) is 11.4 Å². The Labute approximate surface area is 190 Å². The van der Waals surface area contributed by atoms with Gasteiger partial charge in [-0.1, -0.05) is 53.2 Å². The van der Waals surface area contributed by atoms with E-state index in [1.165, 1.54) is 0 Å². The monoisotopic (exact) mass is 445 g/mol.